The number of nitrogens with one attached hydrogen (secondary N) is 1. The highest BCUT2D eigenvalue weighted by atomic mass is 16.1. The van der Waals surface area contributed by atoms with E-state index in [-0.39, 0.29) is 5.91 Å². The first kappa shape index (κ1) is 12.9. The maximum Gasteiger partial charge on any atom is 0.251 e. The number of fused-ring (bicyclic) bond motifs is 1. The van der Waals surface area contributed by atoms with Gasteiger partial charge in [0, 0.05) is 24.5 Å². The van der Waals surface area contributed by atoms with E-state index in [1.807, 2.05) is 0 Å². The molecular formula is C17H18N2O. The minimum atomic E-state index is -0.0508. The molecule has 0 spiro atoms. The van der Waals surface area contributed by atoms with Crippen molar-refractivity contribution in [3.05, 3.63) is 65.0 Å². The molecule has 1 heterocycles. The number of rotatable bonds is 3. The van der Waals surface area contributed by atoms with Crippen LogP contribution in [0.15, 0.2) is 42.7 Å². The highest BCUT2D eigenvalue weighted by Crippen LogP contribution is 2.22. The van der Waals surface area contributed by atoms with Crippen molar-refractivity contribution in [3.63, 3.8) is 0 Å². The van der Waals surface area contributed by atoms with Gasteiger partial charge in [-0.1, -0.05) is 18.2 Å². The fourth-order valence-electron chi connectivity index (χ4n) is 2.68. The van der Waals surface area contributed by atoms with Gasteiger partial charge in [-0.3, -0.25) is 9.78 Å². The van der Waals surface area contributed by atoms with E-state index < -0.39 is 0 Å². The first-order chi connectivity index (χ1) is 9.83. The lowest BCUT2D eigenvalue weighted by Gasteiger charge is -2.16. The largest absolute Gasteiger partial charge is 0.348 e. The zero-order valence-electron chi connectivity index (χ0n) is 11.4. The van der Waals surface area contributed by atoms with Gasteiger partial charge in [-0.25, -0.2) is 0 Å². The van der Waals surface area contributed by atoms with Gasteiger partial charge >= 0.3 is 0 Å². The number of aromatic nitrogens is 1. The average Bonchev–Trinajstić information content (AvgIpc) is 2.53. The summed E-state index contributed by atoms with van der Waals surface area (Å²) in [5.41, 5.74) is 4.75. The van der Waals surface area contributed by atoms with Crippen LogP contribution in [-0.4, -0.2) is 10.9 Å². The van der Waals surface area contributed by atoms with Crippen molar-refractivity contribution in [2.45, 2.75) is 32.2 Å². The van der Waals surface area contributed by atoms with Gasteiger partial charge in [0.25, 0.3) is 5.91 Å². The summed E-state index contributed by atoms with van der Waals surface area (Å²) in [7, 11) is 0. The van der Waals surface area contributed by atoms with Crippen LogP contribution >= 0.6 is 0 Å². The minimum Gasteiger partial charge on any atom is -0.348 e. The van der Waals surface area contributed by atoms with Crippen LogP contribution in [0.3, 0.4) is 0 Å². The van der Waals surface area contributed by atoms with Gasteiger partial charge in [0.1, 0.15) is 0 Å². The summed E-state index contributed by atoms with van der Waals surface area (Å²) in [6, 6.07) is 10.0. The van der Waals surface area contributed by atoms with E-state index >= 15 is 0 Å². The fraction of sp³-hybridized carbons (Fsp3) is 0.294. The van der Waals surface area contributed by atoms with E-state index in [1.54, 1.807) is 24.5 Å². The number of carbonyl (C=O) groups excluding carboxylic acids is 1. The summed E-state index contributed by atoms with van der Waals surface area (Å²) in [5.74, 6) is -0.0508. The third-order valence-corrected chi connectivity index (χ3v) is 3.81. The van der Waals surface area contributed by atoms with Crippen molar-refractivity contribution in [2.24, 2.45) is 0 Å². The average molecular weight is 266 g/mol. The molecule has 1 aliphatic rings. The molecule has 0 unspecified atom stereocenters. The van der Waals surface area contributed by atoms with Gasteiger partial charge in [-0.15, -0.1) is 0 Å². The van der Waals surface area contributed by atoms with Crippen molar-refractivity contribution >= 4 is 5.91 Å². The zero-order chi connectivity index (χ0) is 13.8. The maximum atomic E-state index is 12.0. The number of pyridine rings is 1. The number of hydrogen-bond acceptors (Lipinski definition) is 2. The summed E-state index contributed by atoms with van der Waals surface area (Å²) < 4.78 is 0. The zero-order valence-corrected chi connectivity index (χ0v) is 11.4. The number of benzene rings is 1. The molecular weight excluding hydrogens is 248 g/mol. The lowest BCUT2D eigenvalue weighted by Crippen LogP contribution is -2.23. The van der Waals surface area contributed by atoms with Crippen LogP contribution in [0.5, 0.6) is 0 Å². The molecule has 0 atom stereocenters. The Morgan fingerprint density at radius 3 is 2.60 bits per heavy atom. The third-order valence-electron chi connectivity index (χ3n) is 3.81. The van der Waals surface area contributed by atoms with E-state index in [0.717, 1.165) is 0 Å². The predicted molar refractivity (Wildman–Crippen MR) is 78.5 cm³/mol. The fourth-order valence-corrected chi connectivity index (χ4v) is 2.68. The quantitative estimate of drug-likeness (QED) is 0.928. The molecule has 0 bridgehead atoms. The molecule has 3 rings (SSSR count). The molecule has 0 saturated carbocycles. The molecule has 20 heavy (non-hydrogen) atoms. The van der Waals surface area contributed by atoms with Crippen molar-refractivity contribution in [2.75, 3.05) is 0 Å². The van der Waals surface area contributed by atoms with Crippen molar-refractivity contribution in [1.82, 2.24) is 10.3 Å². The van der Waals surface area contributed by atoms with Crippen molar-refractivity contribution < 1.29 is 4.79 Å². The monoisotopic (exact) mass is 266 g/mol. The number of amides is 1. The van der Waals surface area contributed by atoms with Crippen LogP contribution in [0.2, 0.25) is 0 Å². The van der Waals surface area contributed by atoms with Gasteiger partial charge in [0.05, 0.1) is 0 Å². The van der Waals surface area contributed by atoms with Crippen molar-refractivity contribution in [1.29, 1.82) is 0 Å². The third kappa shape index (κ3) is 2.87. The Hall–Kier alpha value is -2.16. The molecule has 1 aromatic carbocycles. The van der Waals surface area contributed by atoms with E-state index in [4.69, 9.17) is 0 Å². The lowest BCUT2D eigenvalue weighted by atomic mass is 9.90. The molecule has 102 valence electrons. The highest BCUT2D eigenvalue weighted by molar-refractivity contribution is 5.93. The van der Waals surface area contributed by atoms with Crippen LogP contribution in [0.25, 0.3) is 0 Å². The van der Waals surface area contributed by atoms with Gasteiger partial charge in [-0.05, 0) is 54.5 Å². The van der Waals surface area contributed by atoms with Crippen LogP contribution in [0.4, 0.5) is 0 Å². The Labute approximate surface area is 119 Å². The Morgan fingerprint density at radius 1 is 1.05 bits per heavy atom. The Bertz CT molecular complexity index is 608. The number of nitrogens with zero attached hydrogens (tertiary/aromatic N) is 1. The molecule has 2 aromatic rings. The molecule has 0 aliphatic heterocycles. The Morgan fingerprint density at radius 2 is 1.80 bits per heavy atom. The molecule has 1 aromatic heterocycles. The smallest absolute Gasteiger partial charge is 0.251 e. The SMILES string of the molecule is O=C(NCc1ccc2c(c1)CCCC2)c1ccncc1. The number of aryl methyl sites for hydroxylation is 2. The van der Waals surface area contributed by atoms with Gasteiger partial charge in [0.2, 0.25) is 0 Å². The van der Waals surface area contributed by atoms with E-state index in [0.29, 0.717) is 12.1 Å². The minimum absolute atomic E-state index is 0.0508. The number of carbonyl (C=O) groups is 1. The normalized spacial score (nSPS) is 13.6. The summed E-state index contributed by atoms with van der Waals surface area (Å²) in [6.45, 7) is 0.578. The van der Waals surface area contributed by atoms with E-state index in [2.05, 4.69) is 28.5 Å². The summed E-state index contributed by atoms with van der Waals surface area (Å²) in [6.07, 6.45) is 8.20. The second kappa shape index (κ2) is 5.87. The molecule has 3 heteroatoms. The lowest BCUT2D eigenvalue weighted by molar-refractivity contribution is 0.0951. The van der Waals surface area contributed by atoms with Crippen LogP contribution < -0.4 is 5.32 Å². The molecule has 3 nitrogen and oxygen atoms in total. The summed E-state index contributed by atoms with van der Waals surface area (Å²) >= 11 is 0. The molecule has 0 saturated heterocycles. The second-order valence-electron chi connectivity index (χ2n) is 5.23. The van der Waals surface area contributed by atoms with Crippen molar-refractivity contribution in [3.8, 4) is 0 Å². The molecule has 0 radical (unpaired) electrons. The Balaban J connectivity index is 1.65. The van der Waals surface area contributed by atoms with Gasteiger partial charge < -0.3 is 5.32 Å². The molecule has 1 amide bonds. The number of hydrogen-bond donors (Lipinski definition) is 1. The second-order valence-corrected chi connectivity index (χ2v) is 5.23. The van der Waals surface area contributed by atoms with Crippen LogP contribution in [-0.2, 0) is 19.4 Å². The Kier molecular flexibility index (Phi) is 3.77. The molecule has 0 fully saturated rings. The standard InChI is InChI=1S/C17H18N2O/c20-17(15-7-9-18-10-8-15)19-12-13-5-6-14-3-1-2-4-16(14)11-13/h5-11H,1-4,12H2,(H,19,20). The van der Waals surface area contributed by atoms with Gasteiger partial charge in [0.15, 0.2) is 0 Å². The summed E-state index contributed by atoms with van der Waals surface area (Å²) in [4.78, 5) is 15.9. The molecule has 1 N–H and O–H groups in total. The first-order valence-electron chi connectivity index (χ1n) is 7.12. The van der Waals surface area contributed by atoms with Crippen LogP contribution in [0.1, 0.15) is 39.9 Å². The van der Waals surface area contributed by atoms with E-state index in [9.17, 15) is 4.79 Å². The predicted octanol–water partition coefficient (Wildman–Crippen LogP) is 2.89. The van der Waals surface area contributed by atoms with E-state index in [1.165, 1.54) is 42.4 Å². The first-order valence-corrected chi connectivity index (χ1v) is 7.12. The topological polar surface area (TPSA) is 42.0 Å². The highest BCUT2D eigenvalue weighted by Gasteiger charge is 2.10. The van der Waals surface area contributed by atoms with Crippen LogP contribution in [0, 0.1) is 0 Å². The van der Waals surface area contributed by atoms with Gasteiger partial charge in [-0.2, -0.15) is 0 Å². The molecule has 1 aliphatic carbocycles. The maximum absolute atomic E-state index is 12.0. The summed E-state index contributed by atoms with van der Waals surface area (Å²) in [5, 5.41) is 2.96.